The van der Waals surface area contributed by atoms with E-state index in [1.54, 1.807) is 0 Å². The first kappa shape index (κ1) is 16.4. The van der Waals surface area contributed by atoms with Crippen molar-refractivity contribution in [2.24, 2.45) is 0 Å². The average Bonchev–Trinajstić information content (AvgIpc) is 2.58. The van der Waals surface area contributed by atoms with Crippen LogP contribution in [0.15, 0.2) is 60.7 Å². The molecule has 0 saturated carbocycles. The summed E-state index contributed by atoms with van der Waals surface area (Å²) in [6.45, 7) is 8.18. The van der Waals surface area contributed by atoms with E-state index in [9.17, 15) is 0 Å². The van der Waals surface area contributed by atoms with Gasteiger partial charge in [0.2, 0.25) is 0 Å². The Balaban J connectivity index is 1.95. The molecule has 0 fully saturated rings. The SMILES string of the molecule is C=C(C)CCCCc1nc2ccccc2nc1-c1ccc(C)cc1. The molecule has 1 heterocycles. The second kappa shape index (κ2) is 7.39. The van der Waals surface area contributed by atoms with Gasteiger partial charge >= 0.3 is 0 Å². The molecular formula is C22H24N2. The van der Waals surface area contributed by atoms with Gasteiger partial charge in [-0.1, -0.05) is 47.5 Å². The number of fused-ring (bicyclic) bond motifs is 1. The Hall–Kier alpha value is -2.48. The topological polar surface area (TPSA) is 25.8 Å². The van der Waals surface area contributed by atoms with Gasteiger partial charge in [0.25, 0.3) is 0 Å². The molecule has 0 saturated heterocycles. The van der Waals surface area contributed by atoms with Gasteiger partial charge < -0.3 is 0 Å². The van der Waals surface area contributed by atoms with Crippen LogP contribution < -0.4 is 0 Å². The molecule has 0 aliphatic carbocycles. The van der Waals surface area contributed by atoms with Gasteiger partial charge in [0, 0.05) is 5.56 Å². The van der Waals surface area contributed by atoms with Gasteiger partial charge in [-0.2, -0.15) is 0 Å². The van der Waals surface area contributed by atoms with Crippen molar-refractivity contribution in [2.75, 3.05) is 0 Å². The van der Waals surface area contributed by atoms with Gasteiger partial charge in [-0.05, 0) is 51.7 Å². The first-order valence-electron chi connectivity index (χ1n) is 8.60. The highest BCUT2D eigenvalue weighted by Crippen LogP contribution is 2.25. The fourth-order valence-corrected chi connectivity index (χ4v) is 2.87. The minimum absolute atomic E-state index is 0.953. The summed E-state index contributed by atoms with van der Waals surface area (Å²) in [5, 5.41) is 0. The van der Waals surface area contributed by atoms with Crippen LogP contribution in [0.25, 0.3) is 22.3 Å². The lowest BCUT2D eigenvalue weighted by Gasteiger charge is -2.10. The molecule has 24 heavy (non-hydrogen) atoms. The van der Waals surface area contributed by atoms with Crippen molar-refractivity contribution in [3.63, 3.8) is 0 Å². The summed E-state index contributed by atoms with van der Waals surface area (Å²) in [5.41, 5.74) is 7.70. The molecule has 2 nitrogen and oxygen atoms in total. The highest BCUT2D eigenvalue weighted by molar-refractivity contribution is 5.78. The highest BCUT2D eigenvalue weighted by Gasteiger charge is 2.11. The van der Waals surface area contributed by atoms with Gasteiger partial charge in [0.1, 0.15) is 0 Å². The van der Waals surface area contributed by atoms with Gasteiger partial charge in [0.15, 0.2) is 0 Å². The van der Waals surface area contributed by atoms with Crippen molar-refractivity contribution >= 4 is 11.0 Å². The highest BCUT2D eigenvalue weighted by atomic mass is 14.8. The first-order chi connectivity index (χ1) is 11.6. The van der Waals surface area contributed by atoms with Gasteiger partial charge in [0.05, 0.1) is 22.4 Å². The molecule has 0 amide bonds. The summed E-state index contributed by atoms with van der Waals surface area (Å²) in [7, 11) is 0. The largest absolute Gasteiger partial charge is 0.249 e. The Morgan fingerprint density at radius 2 is 1.58 bits per heavy atom. The fourth-order valence-electron chi connectivity index (χ4n) is 2.87. The Labute approximate surface area is 144 Å². The van der Waals surface area contributed by atoms with Crippen LogP contribution in [0.3, 0.4) is 0 Å². The Morgan fingerprint density at radius 3 is 2.25 bits per heavy atom. The third-order valence-corrected chi connectivity index (χ3v) is 4.23. The van der Waals surface area contributed by atoms with Crippen molar-refractivity contribution in [3.8, 4) is 11.3 Å². The normalized spacial score (nSPS) is 10.9. The average molecular weight is 316 g/mol. The maximum absolute atomic E-state index is 4.91. The number of hydrogen-bond donors (Lipinski definition) is 0. The molecular weight excluding hydrogens is 292 g/mol. The minimum Gasteiger partial charge on any atom is -0.249 e. The van der Waals surface area contributed by atoms with Crippen LogP contribution in [0.2, 0.25) is 0 Å². The number of aryl methyl sites for hydroxylation is 2. The summed E-state index contributed by atoms with van der Waals surface area (Å²) >= 11 is 0. The summed E-state index contributed by atoms with van der Waals surface area (Å²) in [5.74, 6) is 0. The van der Waals surface area contributed by atoms with Crippen molar-refractivity contribution < 1.29 is 0 Å². The third-order valence-electron chi connectivity index (χ3n) is 4.23. The van der Waals surface area contributed by atoms with Crippen LogP contribution in [-0.4, -0.2) is 9.97 Å². The number of aromatic nitrogens is 2. The first-order valence-corrected chi connectivity index (χ1v) is 8.60. The van der Waals surface area contributed by atoms with E-state index in [1.165, 1.54) is 11.1 Å². The summed E-state index contributed by atoms with van der Waals surface area (Å²) in [4.78, 5) is 9.81. The molecule has 0 radical (unpaired) electrons. The smallest absolute Gasteiger partial charge is 0.0925 e. The Morgan fingerprint density at radius 1 is 0.917 bits per heavy atom. The maximum Gasteiger partial charge on any atom is 0.0925 e. The minimum atomic E-state index is 0.953. The zero-order valence-corrected chi connectivity index (χ0v) is 14.5. The van der Waals surface area contributed by atoms with E-state index < -0.39 is 0 Å². The molecule has 3 rings (SSSR count). The number of allylic oxidation sites excluding steroid dienone is 1. The van der Waals surface area contributed by atoms with Crippen molar-refractivity contribution in [2.45, 2.75) is 39.5 Å². The number of para-hydroxylation sites is 2. The predicted octanol–water partition coefficient (Wildman–Crippen LogP) is 5.89. The van der Waals surface area contributed by atoms with Crippen LogP contribution in [0, 0.1) is 6.92 Å². The van der Waals surface area contributed by atoms with E-state index >= 15 is 0 Å². The quantitative estimate of drug-likeness (QED) is 0.418. The molecule has 0 atom stereocenters. The van der Waals surface area contributed by atoms with E-state index in [4.69, 9.17) is 9.97 Å². The van der Waals surface area contributed by atoms with E-state index in [0.29, 0.717) is 0 Å². The number of nitrogens with zero attached hydrogens (tertiary/aromatic N) is 2. The van der Waals surface area contributed by atoms with Crippen LogP contribution >= 0.6 is 0 Å². The molecule has 0 aliphatic rings. The molecule has 2 heteroatoms. The predicted molar refractivity (Wildman–Crippen MR) is 102 cm³/mol. The van der Waals surface area contributed by atoms with Crippen molar-refractivity contribution in [1.29, 1.82) is 0 Å². The second-order valence-corrected chi connectivity index (χ2v) is 6.54. The van der Waals surface area contributed by atoms with Gasteiger partial charge in [-0.15, -0.1) is 6.58 Å². The van der Waals surface area contributed by atoms with Crippen molar-refractivity contribution in [1.82, 2.24) is 9.97 Å². The molecule has 0 aliphatic heterocycles. The van der Waals surface area contributed by atoms with Crippen molar-refractivity contribution in [3.05, 3.63) is 71.9 Å². The summed E-state index contributed by atoms with van der Waals surface area (Å²) < 4.78 is 0. The van der Waals surface area contributed by atoms with Crippen LogP contribution in [0.4, 0.5) is 0 Å². The van der Waals surface area contributed by atoms with Crippen LogP contribution in [0.5, 0.6) is 0 Å². The monoisotopic (exact) mass is 316 g/mol. The van der Waals surface area contributed by atoms with E-state index in [0.717, 1.165) is 53.7 Å². The lowest BCUT2D eigenvalue weighted by atomic mass is 10.0. The zero-order chi connectivity index (χ0) is 16.9. The molecule has 3 aromatic rings. The number of benzene rings is 2. The van der Waals surface area contributed by atoms with Gasteiger partial charge in [-0.25, -0.2) is 9.97 Å². The van der Waals surface area contributed by atoms with Crippen LogP contribution in [-0.2, 0) is 6.42 Å². The number of hydrogen-bond acceptors (Lipinski definition) is 2. The Bertz CT molecular complexity index is 847. The number of rotatable bonds is 6. The van der Waals surface area contributed by atoms with Gasteiger partial charge in [-0.3, -0.25) is 0 Å². The zero-order valence-electron chi connectivity index (χ0n) is 14.5. The Kier molecular flexibility index (Phi) is 5.05. The standard InChI is InChI=1S/C22H24N2/c1-16(2)8-4-5-11-21-22(18-14-12-17(3)13-15-18)24-20-10-7-6-9-19(20)23-21/h6-7,9-10,12-15H,1,4-5,8,11H2,2-3H3. The molecule has 2 aromatic carbocycles. The molecule has 122 valence electrons. The molecule has 0 spiro atoms. The third kappa shape index (κ3) is 3.88. The number of unbranched alkanes of at least 4 members (excludes halogenated alkanes) is 1. The van der Waals surface area contributed by atoms with E-state index in [1.807, 2.05) is 24.3 Å². The summed E-state index contributed by atoms with van der Waals surface area (Å²) in [6, 6.07) is 16.7. The van der Waals surface area contributed by atoms with Crippen LogP contribution in [0.1, 0.15) is 37.4 Å². The molecule has 0 N–H and O–H groups in total. The second-order valence-electron chi connectivity index (χ2n) is 6.54. The summed E-state index contributed by atoms with van der Waals surface area (Å²) in [6.07, 6.45) is 4.30. The van der Waals surface area contributed by atoms with E-state index in [2.05, 4.69) is 44.7 Å². The molecule has 0 unspecified atom stereocenters. The fraction of sp³-hybridized carbons (Fsp3) is 0.273. The molecule has 0 bridgehead atoms. The van der Waals surface area contributed by atoms with E-state index in [-0.39, 0.29) is 0 Å². The lowest BCUT2D eigenvalue weighted by molar-refractivity contribution is 0.720. The maximum atomic E-state index is 4.91. The lowest BCUT2D eigenvalue weighted by Crippen LogP contribution is -1.99. The molecule has 1 aromatic heterocycles.